The second kappa shape index (κ2) is 4.64. The van der Waals surface area contributed by atoms with E-state index in [1.807, 2.05) is 0 Å². The van der Waals surface area contributed by atoms with Crippen LogP contribution in [0, 0.1) is 5.92 Å². The van der Waals surface area contributed by atoms with Crippen molar-refractivity contribution in [1.82, 2.24) is 20.5 Å². The van der Waals surface area contributed by atoms with Crippen molar-refractivity contribution in [2.45, 2.75) is 44.1 Å². The summed E-state index contributed by atoms with van der Waals surface area (Å²) in [4.78, 5) is 26.9. The molecule has 1 unspecified atom stereocenters. The summed E-state index contributed by atoms with van der Waals surface area (Å²) in [7, 11) is 0. The Labute approximate surface area is 109 Å². The topological polar surface area (TPSA) is 108 Å². The van der Waals surface area contributed by atoms with Gasteiger partial charge in [-0.25, -0.2) is 4.98 Å². The number of amides is 1. The van der Waals surface area contributed by atoms with E-state index < -0.39 is 5.97 Å². The van der Waals surface area contributed by atoms with E-state index in [1.54, 1.807) is 0 Å². The number of carbonyl (C=O) groups is 2. The lowest BCUT2D eigenvalue weighted by molar-refractivity contribution is -0.137. The Morgan fingerprint density at radius 1 is 1.37 bits per heavy atom. The van der Waals surface area contributed by atoms with Crippen LogP contribution in [-0.4, -0.2) is 38.2 Å². The first kappa shape index (κ1) is 12.1. The van der Waals surface area contributed by atoms with Gasteiger partial charge in [-0.05, 0) is 31.6 Å². The van der Waals surface area contributed by atoms with E-state index >= 15 is 0 Å². The number of H-pyrrole nitrogens is 1. The van der Waals surface area contributed by atoms with Gasteiger partial charge in [0.2, 0.25) is 5.82 Å². The Hall–Kier alpha value is -1.92. The van der Waals surface area contributed by atoms with Crippen LogP contribution >= 0.6 is 0 Å². The zero-order chi connectivity index (χ0) is 13.4. The van der Waals surface area contributed by atoms with E-state index in [2.05, 4.69) is 20.5 Å². The number of aromatic nitrogens is 3. The lowest BCUT2D eigenvalue weighted by Gasteiger charge is -2.14. The van der Waals surface area contributed by atoms with Gasteiger partial charge in [0.15, 0.2) is 0 Å². The molecule has 1 aromatic rings. The molecule has 0 bridgehead atoms. The number of aromatic amines is 1. The molecule has 1 atom stereocenters. The molecule has 0 saturated heterocycles. The molecule has 102 valence electrons. The van der Waals surface area contributed by atoms with Crippen LogP contribution in [0.15, 0.2) is 0 Å². The van der Waals surface area contributed by atoms with E-state index in [1.165, 1.54) is 0 Å². The maximum absolute atomic E-state index is 12.0. The number of hydrogen-bond acceptors (Lipinski definition) is 4. The van der Waals surface area contributed by atoms with Crippen molar-refractivity contribution in [3.8, 4) is 0 Å². The fraction of sp³-hybridized carbons (Fsp3) is 0.667. The fourth-order valence-corrected chi connectivity index (χ4v) is 2.17. The first-order valence-electron chi connectivity index (χ1n) is 6.58. The summed E-state index contributed by atoms with van der Waals surface area (Å²) in [5.41, 5.74) is 0. The van der Waals surface area contributed by atoms with Gasteiger partial charge in [0.05, 0.1) is 6.42 Å². The minimum atomic E-state index is -0.897. The van der Waals surface area contributed by atoms with Gasteiger partial charge >= 0.3 is 5.97 Å². The molecule has 3 rings (SSSR count). The molecule has 2 fully saturated rings. The molecule has 2 aliphatic rings. The molecule has 0 spiro atoms. The first-order valence-corrected chi connectivity index (χ1v) is 6.58. The number of aliphatic carboxylic acids is 1. The summed E-state index contributed by atoms with van der Waals surface area (Å²) >= 11 is 0. The molecule has 0 aromatic carbocycles. The molecule has 1 aromatic heterocycles. The van der Waals surface area contributed by atoms with Crippen molar-refractivity contribution in [3.63, 3.8) is 0 Å². The molecule has 1 heterocycles. The highest BCUT2D eigenvalue weighted by atomic mass is 16.4. The summed E-state index contributed by atoms with van der Waals surface area (Å²) in [6.45, 7) is 0. The smallest absolute Gasteiger partial charge is 0.305 e. The SMILES string of the molecule is O=C(O)CC(NC(=O)c1n[nH]c(C2CC2)n1)C1CC1. The molecule has 7 heteroatoms. The van der Waals surface area contributed by atoms with Crippen molar-refractivity contribution >= 4 is 11.9 Å². The van der Waals surface area contributed by atoms with E-state index in [4.69, 9.17) is 5.11 Å². The molecule has 3 N–H and O–H groups in total. The molecule has 19 heavy (non-hydrogen) atoms. The van der Waals surface area contributed by atoms with E-state index in [-0.39, 0.29) is 30.1 Å². The van der Waals surface area contributed by atoms with Crippen LogP contribution in [0.25, 0.3) is 0 Å². The minimum Gasteiger partial charge on any atom is -0.481 e. The predicted molar refractivity (Wildman–Crippen MR) is 64.6 cm³/mol. The average molecular weight is 264 g/mol. The maximum Gasteiger partial charge on any atom is 0.305 e. The molecule has 1 amide bonds. The summed E-state index contributed by atoms with van der Waals surface area (Å²) in [5.74, 6) is 0.269. The third-order valence-electron chi connectivity index (χ3n) is 3.57. The number of carbonyl (C=O) groups excluding carboxylic acids is 1. The van der Waals surface area contributed by atoms with Crippen LogP contribution in [0.3, 0.4) is 0 Å². The molecule has 7 nitrogen and oxygen atoms in total. The van der Waals surface area contributed by atoms with Crippen LogP contribution in [0.5, 0.6) is 0 Å². The van der Waals surface area contributed by atoms with Gasteiger partial charge in [-0.2, -0.15) is 0 Å². The van der Waals surface area contributed by atoms with Crippen molar-refractivity contribution in [2.75, 3.05) is 0 Å². The quantitative estimate of drug-likeness (QED) is 0.699. The van der Waals surface area contributed by atoms with E-state index in [0.29, 0.717) is 5.92 Å². The standard InChI is InChI=1S/C12H16N4O3/c17-9(18)5-8(6-1-2-6)13-12(19)11-14-10(15-16-11)7-3-4-7/h6-8H,1-5H2,(H,13,19)(H,17,18)(H,14,15,16). The summed E-state index contributed by atoms with van der Waals surface area (Å²) in [6.07, 6.45) is 4.06. The minimum absolute atomic E-state index is 0.0453. The molecule has 2 saturated carbocycles. The summed E-state index contributed by atoms with van der Waals surface area (Å²) in [6, 6.07) is -0.312. The van der Waals surface area contributed by atoms with Crippen molar-refractivity contribution in [3.05, 3.63) is 11.6 Å². The van der Waals surface area contributed by atoms with Gasteiger partial charge in [-0.1, -0.05) is 0 Å². The number of nitrogens with zero attached hydrogens (tertiary/aromatic N) is 2. The number of hydrogen-bond donors (Lipinski definition) is 3. The van der Waals surface area contributed by atoms with E-state index in [0.717, 1.165) is 31.5 Å². The van der Waals surface area contributed by atoms with Gasteiger partial charge in [0.1, 0.15) is 5.82 Å². The second-order valence-electron chi connectivity index (χ2n) is 5.33. The van der Waals surface area contributed by atoms with Gasteiger partial charge < -0.3 is 10.4 Å². The number of nitrogens with one attached hydrogen (secondary N) is 2. The summed E-state index contributed by atoms with van der Waals surface area (Å²) in [5, 5.41) is 18.2. The molecule has 0 aliphatic heterocycles. The largest absolute Gasteiger partial charge is 0.481 e. The zero-order valence-corrected chi connectivity index (χ0v) is 10.4. The monoisotopic (exact) mass is 264 g/mol. The highest BCUT2D eigenvalue weighted by Crippen LogP contribution is 2.37. The van der Waals surface area contributed by atoms with Gasteiger partial charge in [-0.3, -0.25) is 14.7 Å². The van der Waals surface area contributed by atoms with Crippen LogP contribution in [0.2, 0.25) is 0 Å². The van der Waals surface area contributed by atoms with E-state index in [9.17, 15) is 9.59 Å². The highest BCUT2D eigenvalue weighted by molar-refractivity contribution is 5.90. The second-order valence-corrected chi connectivity index (χ2v) is 5.33. The van der Waals surface area contributed by atoms with Crippen molar-refractivity contribution in [2.24, 2.45) is 5.92 Å². The third-order valence-corrected chi connectivity index (χ3v) is 3.57. The normalized spacial score (nSPS) is 20.0. The molecular weight excluding hydrogens is 248 g/mol. The molecule has 2 aliphatic carbocycles. The number of carboxylic acid groups (broad SMARTS) is 1. The third kappa shape index (κ3) is 2.91. The first-order chi connectivity index (χ1) is 9.13. The van der Waals surface area contributed by atoms with Gasteiger partial charge in [0, 0.05) is 12.0 Å². The Morgan fingerprint density at radius 2 is 2.11 bits per heavy atom. The van der Waals surface area contributed by atoms with Crippen LogP contribution in [-0.2, 0) is 4.79 Å². The van der Waals surface area contributed by atoms with Crippen molar-refractivity contribution < 1.29 is 14.7 Å². The fourth-order valence-electron chi connectivity index (χ4n) is 2.17. The lowest BCUT2D eigenvalue weighted by atomic mass is 10.1. The zero-order valence-electron chi connectivity index (χ0n) is 10.4. The Morgan fingerprint density at radius 3 is 2.68 bits per heavy atom. The highest BCUT2D eigenvalue weighted by Gasteiger charge is 2.35. The Bertz CT molecular complexity index is 505. The molecular formula is C12H16N4O3. The average Bonchev–Trinajstić information content (AvgIpc) is 3.26. The summed E-state index contributed by atoms with van der Waals surface area (Å²) < 4.78 is 0. The van der Waals surface area contributed by atoms with Crippen molar-refractivity contribution in [1.29, 1.82) is 0 Å². The van der Waals surface area contributed by atoms with Gasteiger partial charge in [-0.15, -0.1) is 5.10 Å². The number of rotatable bonds is 6. The molecule has 0 radical (unpaired) electrons. The Balaban J connectivity index is 1.62. The van der Waals surface area contributed by atoms with Gasteiger partial charge in [0.25, 0.3) is 5.91 Å². The predicted octanol–water partition coefficient (Wildman–Crippen LogP) is 0.665. The van der Waals surface area contributed by atoms with Crippen LogP contribution in [0.1, 0.15) is 54.5 Å². The van der Waals surface area contributed by atoms with Crippen LogP contribution < -0.4 is 5.32 Å². The Kier molecular flexibility index (Phi) is 2.96. The van der Waals surface area contributed by atoms with Crippen LogP contribution in [0.4, 0.5) is 0 Å². The maximum atomic E-state index is 12.0. The lowest BCUT2D eigenvalue weighted by Crippen LogP contribution is -2.38. The number of carboxylic acids is 1.